The van der Waals surface area contributed by atoms with Crippen LogP contribution in [0.1, 0.15) is 47.5 Å². The van der Waals surface area contributed by atoms with Gasteiger partial charge in [-0.3, -0.25) is 4.79 Å². The van der Waals surface area contributed by atoms with Crippen LogP contribution in [0.3, 0.4) is 0 Å². The van der Waals surface area contributed by atoms with Crippen molar-refractivity contribution in [2.45, 2.75) is 65.7 Å². The van der Waals surface area contributed by atoms with Gasteiger partial charge in [0.15, 0.2) is 0 Å². The van der Waals surface area contributed by atoms with Gasteiger partial charge in [0, 0.05) is 12.6 Å². The molecule has 4 atom stereocenters. The Morgan fingerprint density at radius 2 is 2.00 bits per heavy atom. The van der Waals surface area contributed by atoms with Crippen molar-refractivity contribution < 1.29 is 19.7 Å². The van der Waals surface area contributed by atoms with E-state index < -0.39 is 12.1 Å². The minimum absolute atomic E-state index is 0.114. The number of aliphatic hydroxyl groups excluding tert-OH is 1. The molecule has 0 saturated heterocycles. The Labute approximate surface area is 128 Å². The van der Waals surface area contributed by atoms with E-state index in [-0.39, 0.29) is 29.4 Å². The predicted molar refractivity (Wildman–Crippen MR) is 82.2 cm³/mol. The fourth-order valence-corrected chi connectivity index (χ4v) is 3.17. The third kappa shape index (κ3) is 4.94. The molecular weight excluding hydrogens is 270 g/mol. The van der Waals surface area contributed by atoms with Gasteiger partial charge in [-0.25, -0.2) is 0 Å². The van der Waals surface area contributed by atoms with E-state index in [0.717, 1.165) is 6.42 Å². The van der Waals surface area contributed by atoms with Crippen molar-refractivity contribution >= 4 is 5.97 Å². The van der Waals surface area contributed by atoms with Gasteiger partial charge in [-0.1, -0.05) is 20.8 Å². The highest BCUT2D eigenvalue weighted by molar-refractivity contribution is 5.71. The highest BCUT2D eigenvalue weighted by Crippen LogP contribution is 2.45. The average molecular weight is 301 g/mol. The van der Waals surface area contributed by atoms with E-state index in [9.17, 15) is 15.0 Å². The summed E-state index contributed by atoms with van der Waals surface area (Å²) in [6.45, 7) is 10.9. The normalized spacial score (nSPS) is 30.3. The van der Waals surface area contributed by atoms with Crippen LogP contribution in [-0.2, 0) is 9.53 Å². The predicted octanol–water partition coefficient (Wildman–Crippen LogP) is 1.89. The molecule has 0 aromatic heterocycles. The monoisotopic (exact) mass is 301 g/mol. The molecule has 1 aliphatic rings. The van der Waals surface area contributed by atoms with Gasteiger partial charge in [-0.15, -0.1) is 0 Å². The number of aliphatic carboxylic acids is 1. The molecule has 0 aromatic carbocycles. The Balaban J connectivity index is 2.49. The molecule has 3 N–H and O–H groups in total. The van der Waals surface area contributed by atoms with Gasteiger partial charge >= 0.3 is 5.97 Å². The van der Waals surface area contributed by atoms with Crippen LogP contribution in [0.5, 0.6) is 0 Å². The first-order chi connectivity index (χ1) is 9.66. The molecular formula is C16H31NO4. The second-order valence-corrected chi connectivity index (χ2v) is 7.13. The van der Waals surface area contributed by atoms with E-state index in [1.54, 1.807) is 0 Å². The van der Waals surface area contributed by atoms with Crippen LogP contribution in [0, 0.1) is 17.3 Å². The van der Waals surface area contributed by atoms with Gasteiger partial charge in [-0.05, 0) is 38.0 Å². The molecule has 5 heteroatoms. The first kappa shape index (κ1) is 18.4. The van der Waals surface area contributed by atoms with Crippen LogP contribution in [0.25, 0.3) is 0 Å². The van der Waals surface area contributed by atoms with Crippen LogP contribution in [0.15, 0.2) is 0 Å². The summed E-state index contributed by atoms with van der Waals surface area (Å²) >= 11 is 0. The molecule has 0 aliphatic heterocycles. The van der Waals surface area contributed by atoms with Crippen molar-refractivity contribution in [3.8, 4) is 0 Å². The van der Waals surface area contributed by atoms with Crippen LogP contribution in [0.4, 0.5) is 0 Å². The number of rotatable bonds is 7. The number of hydrogen-bond donors (Lipinski definition) is 3. The van der Waals surface area contributed by atoms with Crippen LogP contribution in [-0.4, -0.2) is 47.6 Å². The molecule has 0 aromatic rings. The molecule has 0 heterocycles. The lowest BCUT2D eigenvalue weighted by atomic mass is 9.61. The van der Waals surface area contributed by atoms with E-state index in [4.69, 9.17) is 4.74 Å². The van der Waals surface area contributed by atoms with E-state index in [1.807, 2.05) is 27.7 Å². The molecule has 1 saturated carbocycles. The fourth-order valence-electron chi connectivity index (χ4n) is 3.17. The minimum atomic E-state index is -0.698. The van der Waals surface area contributed by atoms with E-state index in [2.05, 4.69) is 12.2 Å². The number of nitrogens with one attached hydrogen (secondary N) is 1. The molecule has 0 amide bonds. The summed E-state index contributed by atoms with van der Waals surface area (Å²) in [5.41, 5.74) is -0.249. The van der Waals surface area contributed by atoms with Crippen LogP contribution < -0.4 is 5.32 Å². The van der Waals surface area contributed by atoms with Gasteiger partial charge in [0.1, 0.15) is 0 Å². The Bertz CT molecular complexity index is 343. The summed E-state index contributed by atoms with van der Waals surface area (Å²) in [5.74, 6) is -0.749. The number of carboxylic acid groups (broad SMARTS) is 1. The fraction of sp³-hybridized carbons (Fsp3) is 0.938. The zero-order valence-corrected chi connectivity index (χ0v) is 13.9. The van der Waals surface area contributed by atoms with E-state index in [0.29, 0.717) is 19.6 Å². The Morgan fingerprint density at radius 1 is 1.38 bits per heavy atom. The molecule has 1 fully saturated rings. The zero-order chi connectivity index (χ0) is 16.2. The zero-order valence-electron chi connectivity index (χ0n) is 13.9. The summed E-state index contributed by atoms with van der Waals surface area (Å²) in [6, 6.07) is 0.240. The lowest BCUT2D eigenvalue weighted by Gasteiger charge is -2.46. The van der Waals surface area contributed by atoms with Crippen molar-refractivity contribution in [3.63, 3.8) is 0 Å². The highest BCUT2D eigenvalue weighted by Gasteiger charge is 2.46. The number of hydrogen-bond acceptors (Lipinski definition) is 4. The number of ether oxygens (including phenoxy) is 1. The van der Waals surface area contributed by atoms with Crippen molar-refractivity contribution in [2.75, 3.05) is 13.2 Å². The van der Waals surface area contributed by atoms with E-state index in [1.165, 1.54) is 0 Å². The third-order valence-electron chi connectivity index (χ3n) is 4.98. The summed E-state index contributed by atoms with van der Waals surface area (Å²) < 4.78 is 5.39. The first-order valence-electron chi connectivity index (χ1n) is 7.92. The van der Waals surface area contributed by atoms with Crippen LogP contribution in [0.2, 0.25) is 0 Å². The van der Waals surface area contributed by atoms with Crippen LogP contribution >= 0.6 is 0 Å². The number of carbonyl (C=O) groups is 1. The van der Waals surface area contributed by atoms with Gasteiger partial charge < -0.3 is 20.3 Å². The summed E-state index contributed by atoms with van der Waals surface area (Å²) in [6.07, 6.45) is 1.10. The van der Waals surface area contributed by atoms with Crippen molar-refractivity contribution in [1.29, 1.82) is 0 Å². The summed E-state index contributed by atoms with van der Waals surface area (Å²) in [7, 11) is 0. The van der Waals surface area contributed by atoms with Crippen molar-refractivity contribution in [3.05, 3.63) is 0 Å². The Kier molecular flexibility index (Phi) is 6.63. The first-order valence-corrected chi connectivity index (χ1v) is 7.92. The minimum Gasteiger partial charge on any atom is -0.481 e. The largest absolute Gasteiger partial charge is 0.481 e. The number of aliphatic hydroxyl groups is 1. The molecule has 21 heavy (non-hydrogen) atoms. The lowest BCUT2D eigenvalue weighted by molar-refractivity contribution is -0.150. The quantitative estimate of drug-likeness (QED) is 0.669. The second kappa shape index (κ2) is 7.56. The van der Waals surface area contributed by atoms with Gasteiger partial charge in [0.25, 0.3) is 0 Å². The maximum Gasteiger partial charge on any atom is 0.307 e. The lowest BCUT2D eigenvalue weighted by Crippen LogP contribution is -2.52. The highest BCUT2D eigenvalue weighted by atomic mass is 16.5. The third-order valence-corrected chi connectivity index (χ3v) is 4.98. The summed E-state index contributed by atoms with van der Waals surface area (Å²) in [4.78, 5) is 11.4. The molecule has 0 bridgehead atoms. The topological polar surface area (TPSA) is 78.8 Å². The Morgan fingerprint density at radius 3 is 2.52 bits per heavy atom. The van der Waals surface area contributed by atoms with Crippen molar-refractivity contribution in [1.82, 2.24) is 5.32 Å². The van der Waals surface area contributed by atoms with Gasteiger partial charge in [0.2, 0.25) is 0 Å². The average Bonchev–Trinajstić information content (AvgIpc) is 2.37. The maximum absolute atomic E-state index is 11.4. The van der Waals surface area contributed by atoms with E-state index >= 15 is 0 Å². The summed E-state index contributed by atoms with van der Waals surface area (Å²) in [5, 5.41) is 22.6. The second-order valence-electron chi connectivity index (χ2n) is 7.13. The molecule has 5 nitrogen and oxygen atoms in total. The van der Waals surface area contributed by atoms with Crippen molar-refractivity contribution in [2.24, 2.45) is 17.3 Å². The molecule has 1 rings (SSSR count). The molecule has 1 aliphatic carbocycles. The standard InChI is InChI=1S/C16H31NO4/c1-10(2)21-9-12(18)8-17-14-7-6-13(15(19)20)16(4,5)11(14)3/h10-14,17-18H,6-9H2,1-5H3,(H,19,20). The Hall–Kier alpha value is -0.650. The van der Waals surface area contributed by atoms with Gasteiger partial charge in [0.05, 0.1) is 24.7 Å². The SMILES string of the molecule is CC(C)OCC(O)CNC1CCC(C(=O)O)C(C)(C)C1C. The van der Waals surface area contributed by atoms with Gasteiger partial charge in [-0.2, -0.15) is 0 Å². The molecule has 124 valence electrons. The molecule has 0 spiro atoms. The smallest absolute Gasteiger partial charge is 0.307 e. The molecule has 4 unspecified atom stereocenters. The number of carboxylic acids is 1. The molecule has 0 radical (unpaired) electrons. The maximum atomic E-state index is 11.4.